The van der Waals surface area contributed by atoms with E-state index in [2.05, 4.69) is 5.32 Å². The second-order valence-corrected chi connectivity index (χ2v) is 5.87. The lowest BCUT2D eigenvalue weighted by Gasteiger charge is -2.21. The third kappa shape index (κ3) is 4.71. The molecule has 22 heavy (non-hydrogen) atoms. The Kier molecular flexibility index (Phi) is 6.21. The molecule has 1 fully saturated rings. The smallest absolute Gasteiger partial charge is 0.251 e. The Morgan fingerprint density at radius 3 is 2.91 bits per heavy atom. The van der Waals surface area contributed by atoms with Crippen LogP contribution in [-0.2, 0) is 16.0 Å². The van der Waals surface area contributed by atoms with Gasteiger partial charge in [-0.05, 0) is 37.3 Å². The van der Waals surface area contributed by atoms with Crippen molar-refractivity contribution >= 4 is 23.4 Å². The van der Waals surface area contributed by atoms with Gasteiger partial charge in [0.15, 0.2) is 0 Å². The summed E-state index contributed by atoms with van der Waals surface area (Å²) in [4.78, 5) is 25.3. The van der Waals surface area contributed by atoms with Crippen molar-refractivity contribution in [2.75, 3.05) is 19.6 Å². The van der Waals surface area contributed by atoms with Gasteiger partial charge in [0.05, 0.1) is 6.54 Å². The van der Waals surface area contributed by atoms with Crippen LogP contribution in [0.1, 0.15) is 24.8 Å². The molecule has 0 spiro atoms. The molecule has 1 aromatic carbocycles. The number of carbonyl (C=O) groups excluding carboxylic acids is 2. The van der Waals surface area contributed by atoms with E-state index in [0.717, 1.165) is 18.4 Å². The molecule has 5 nitrogen and oxygen atoms in total. The third-order valence-electron chi connectivity index (χ3n) is 3.76. The van der Waals surface area contributed by atoms with E-state index in [1.807, 2.05) is 24.3 Å². The van der Waals surface area contributed by atoms with Crippen LogP contribution >= 0.6 is 11.6 Å². The van der Waals surface area contributed by atoms with Gasteiger partial charge in [0.1, 0.15) is 6.10 Å². The summed E-state index contributed by atoms with van der Waals surface area (Å²) in [6.07, 6.45) is 1.76. The molecule has 1 aromatic rings. The number of aliphatic hydroxyl groups is 1. The fourth-order valence-electron chi connectivity index (χ4n) is 2.51. The van der Waals surface area contributed by atoms with Crippen molar-refractivity contribution in [1.82, 2.24) is 10.2 Å². The zero-order valence-electron chi connectivity index (χ0n) is 12.4. The van der Waals surface area contributed by atoms with Crippen LogP contribution in [-0.4, -0.2) is 47.6 Å². The second kappa shape index (κ2) is 8.15. The van der Waals surface area contributed by atoms with Gasteiger partial charge in [-0.15, -0.1) is 0 Å². The summed E-state index contributed by atoms with van der Waals surface area (Å²) in [7, 11) is 0. The Bertz CT molecular complexity index is 536. The molecule has 120 valence electrons. The van der Waals surface area contributed by atoms with Crippen molar-refractivity contribution in [3.63, 3.8) is 0 Å². The molecule has 0 radical (unpaired) electrons. The van der Waals surface area contributed by atoms with Crippen LogP contribution in [0.2, 0.25) is 5.02 Å². The van der Waals surface area contributed by atoms with E-state index in [9.17, 15) is 14.7 Å². The van der Waals surface area contributed by atoms with E-state index in [1.54, 1.807) is 0 Å². The van der Waals surface area contributed by atoms with Crippen molar-refractivity contribution in [3.05, 3.63) is 34.9 Å². The molecular weight excluding hydrogens is 304 g/mol. The first-order valence-corrected chi connectivity index (χ1v) is 7.92. The highest BCUT2D eigenvalue weighted by atomic mass is 35.5. The Hall–Kier alpha value is -1.59. The molecule has 0 saturated carbocycles. The number of halogens is 1. The Morgan fingerprint density at radius 2 is 2.14 bits per heavy atom. The van der Waals surface area contributed by atoms with Crippen molar-refractivity contribution < 1.29 is 14.7 Å². The highest BCUT2D eigenvalue weighted by Gasteiger charge is 2.26. The molecule has 0 aliphatic carbocycles. The van der Waals surface area contributed by atoms with Crippen molar-refractivity contribution in [1.29, 1.82) is 0 Å². The van der Waals surface area contributed by atoms with Gasteiger partial charge in [-0.3, -0.25) is 9.59 Å². The number of aliphatic hydroxyl groups excluding tert-OH is 1. The minimum absolute atomic E-state index is 0.00157. The maximum atomic E-state index is 11.9. The topological polar surface area (TPSA) is 69.6 Å². The van der Waals surface area contributed by atoms with Crippen LogP contribution in [0, 0.1) is 0 Å². The normalized spacial score (nSPS) is 18.9. The third-order valence-corrected chi connectivity index (χ3v) is 4.13. The predicted molar refractivity (Wildman–Crippen MR) is 84.6 cm³/mol. The van der Waals surface area contributed by atoms with E-state index in [4.69, 9.17) is 11.6 Å². The number of nitrogens with one attached hydrogen (secondary N) is 1. The first-order valence-electron chi connectivity index (χ1n) is 7.55. The highest BCUT2D eigenvalue weighted by Crippen LogP contribution is 2.15. The van der Waals surface area contributed by atoms with Gasteiger partial charge in [-0.25, -0.2) is 0 Å². The molecule has 1 aliphatic rings. The molecular formula is C16H21ClN2O3. The van der Waals surface area contributed by atoms with Gasteiger partial charge in [0.25, 0.3) is 5.91 Å². The minimum atomic E-state index is -0.974. The van der Waals surface area contributed by atoms with Crippen LogP contribution in [0.25, 0.3) is 0 Å². The molecule has 1 atom stereocenters. The quantitative estimate of drug-likeness (QED) is 0.859. The number of amides is 2. The molecule has 0 aromatic heterocycles. The molecule has 1 unspecified atom stereocenters. The number of hydrogen-bond acceptors (Lipinski definition) is 3. The van der Waals surface area contributed by atoms with Crippen LogP contribution in [0.5, 0.6) is 0 Å². The average molecular weight is 325 g/mol. The minimum Gasteiger partial charge on any atom is -0.383 e. The average Bonchev–Trinajstić information content (AvgIpc) is 2.65. The largest absolute Gasteiger partial charge is 0.383 e. The summed E-state index contributed by atoms with van der Waals surface area (Å²) >= 11 is 6.06. The summed E-state index contributed by atoms with van der Waals surface area (Å²) in [6.45, 7) is 0.986. The van der Waals surface area contributed by atoms with Gasteiger partial charge < -0.3 is 15.3 Å². The van der Waals surface area contributed by atoms with Gasteiger partial charge >= 0.3 is 0 Å². The van der Waals surface area contributed by atoms with Crippen molar-refractivity contribution in [3.8, 4) is 0 Å². The Balaban J connectivity index is 1.78. The first kappa shape index (κ1) is 16.8. The lowest BCUT2D eigenvalue weighted by molar-refractivity contribution is -0.142. The monoisotopic (exact) mass is 324 g/mol. The predicted octanol–water partition coefficient (Wildman–Crippen LogP) is 1.37. The number of benzene rings is 1. The highest BCUT2D eigenvalue weighted by molar-refractivity contribution is 6.31. The number of rotatable bonds is 5. The van der Waals surface area contributed by atoms with Gasteiger partial charge in [0, 0.05) is 18.1 Å². The van der Waals surface area contributed by atoms with Gasteiger partial charge in [0.2, 0.25) is 5.91 Å². The lowest BCUT2D eigenvalue weighted by atomic mass is 10.1. The van der Waals surface area contributed by atoms with Crippen LogP contribution < -0.4 is 5.32 Å². The van der Waals surface area contributed by atoms with E-state index in [-0.39, 0.29) is 18.4 Å². The number of nitrogens with zero attached hydrogens (tertiary/aromatic N) is 1. The molecule has 6 heteroatoms. The molecule has 2 amide bonds. The Morgan fingerprint density at radius 1 is 1.36 bits per heavy atom. The molecule has 0 bridgehead atoms. The summed E-state index contributed by atoms with van der Waals surface area (Å²) in [5.41, 5.74) is 0.978. The fraction of sp³-hybridized carbons (Fsp3) is 0.500. The van der Waals surface area contributed by atoms with Crippen LogP contribution in [0.4, 0.5) is 0 Å². The Labute approximate surface area is 135 Å². The van der Waals surface area contributed by atoms with E-state index in [0.29, 0.717) is 31.0 Å². The van der Waals surface area contributed by atoms with Crippen LogP contribution in [0.15, 0.2) is 24.3 Å². The van der Waals surface area contributed by atoms with Crippen molar-refractivity contribution in [2.24, 2.45) is 0 Å². The maximum absolute atomic E-state index is 11.9. The second-order valence-electron chi connectivity index (χ2n) is 5.46. The number of likely N-dealkylation sites (tertiary alicyclic amines) is 1. The first-order chi connectivity index (χ1) is 10.6. The van der Waals surface area contributed by atoms with Crippen LogP contribution in [0.3, 0.4) is 0 Å². The maximum Gasteiger partial charge on any atom is 0.251 e. The van der Waals surface area contributed by atoms with E-state index >= 15 is 0 Å². The molecule has 2 N–H and O–H groups in total. The molecule has 2 rings (SSSR count). The summed E-state index contributed by atoms with van der Waals surface area (Å²) in [6, 6.07) is 7.50. The van der Waals surface area contributed by atoms with Crippen molar-refractivity contribution in [2.45, 2.75) is 31.8 Å². The summed E-state index contributed by atoms with van der Waals surface area (Å²) < 4.78 is 0. The molecule has 1 saturated heterocycles. The number of carbonyl (C=O) groups is 2. The summed E-state index contributed by atoms with van der Waals surface area (Å²) in [5, 5.41) is 13.1. The van der Waals surface area contributed by atoms with E-state index < -0.39 is 6.10 Å². The van der Waals surface area contributed by atoms with Gasteiger partial charge in [-0.1, -0.05) is 29.8 Å². The zero-order chi connectivity index (χ0) is 15.9. The van der Waals surface area contributed by atoms with E-state index in [1.165, 1.54) is 4.90 Å². The lowest BCUT2D eigenvalue weighted by Crippen LogP contribution is -2.44. The standard InChI is InChI=1S/C16H21ClN2O3/c17-13-6-2-1-5-12(13)8-9-18-15(21)11-19-10-4-3-7-14(20)16(19)22/h1-2,5-6,14,20H,3-4,7-11H2,(H,18,21). The fourth-order valence-corrected chi connectivity index (χ4v) is 2.74. The summed E-state index contributed by atoms with van der Waals surface area (Å²) in [5.74, 6) is -0.562. The molecule has 1 heterocycles. The van der Waals surface area contributed by atoms with Gasteiger partial charge in [-0.2, -0.15) is 0 Å². The number of hydrogen-bond donors (Lipinski definition) is 2. The molecule has 1 aliphatic heterocycles. The SMILES string of the molecule is O=C(CN1CCCCC(O)C1=O)NCCc1ccccc1Cl. The zero-order valence-corrected chi connectivity index (χ0v) is 13.2.